The summed E-state index contributed by atoms with van der Waals surface area (Å²) in [6.07, 6.45) is 3.49. The molecule has 0 atom stereocenters. The van der Waals surface area contributed by atoms with Gasteiger partial charge in [-0.2, -0.15) is 0 Å². The molecule has 15 heavy (non-hydrogen) atoms. The minimum Gasteiger partial charge on any atom is -0.496 e. The van der Waals surface area contributed by atoms with Crippen LogP contribution < -0.4 is 4.74 Å². The van der Waals surface area contributed by atoms with Crippen molar-refractivity contribution in [1.29, 1.82) is 0 Å². The van der Waals surface area contributed by atoms with Gasteiger partial charge in [0.05, 0.1) is 11.6 Å². The molecule has 0 heterocycles. The van der Waals surface area contributed by atoms with Crippen LogP contribution in [0.2, 0.25) is 0 Å². The standard InChI is InChI=1S/C11H13Br3O/c1-15-11-7-9(13)8(6-10(11)14)4-2-3-5-12/h6-7H,2-5H2,1H3. The molecule has 1 rings (SSSR count). The summed E-state index contributed by atoms with van der Waals surface area (Å²) < 4.78 is 7.36. The zero-order valence-corrected chi connectivity index (χ0v) is 13.3. The molecule has 1 nitrogen and oxygen atoms in total. The van der Waals surface area contributed by atoms with Crippen molar-refractivity contribution in [3.63, 3.8) is 0 Å². The number of halogens is 3. The number of hydrogen-bond acceptors (Lipinski definition) is 1. The fraction of sp³-hybridized carbons (Fsp3) is 0.455. The second-order valence-electron chi connectivity index (χ2n) is 3.22. The number of aryl methyl sites for hydroxylation is 1. The van der Waals surface area contributed by atoms with Crippen molar-refractivity contribution in [2.75, 3.05) is 12.4 Å². The molecule has 0 saturated carbocycles. The number of rotatable bonds is 5. The SMILES string of the molecule is COc1cc(Br)c(CCCCBr)cc1Br. The van der Waals surface area contributed by atoms with Crippen molar-refractivity contribution < 1.29 is 4.74 Å². The van der Waals surface area contributed by atoms with Crippen molar-refractivity contribution in [3.8, 4) is 5.75 Å². The summed E-state index contributed by atoms with van der Waals surface area (Å²) in [5.74, 6) is 0.867. The van der Waals surface area contributed by atoms with Crippen LogP contribution in [-0.4, -0.2) is 12.4 Å². The smallest absolute Gasteiger partial charge is 0.134 e. The Labute approximate surface area is 116 Å². The maximum atomic E-state index is 5.22. The highest BCUT2D eigenvalue weighted by molar-refractivity contribution is 9.11. The number of hydrogen-bond donors (Lipinski definition) is 0. The molecule has 0 spiro atoms. The van der Waals surface area contributed by atoms with E-state index in [2.05, 4.69) is 53.9 Å². The molecule has 4 heteroatoms. The van der Waals surface area contributed by atoms with E-state index in [0.29, 0.717) is 0 Å². The summed E-state index contributed by atoms with van der Waals surface area (Å²) in [6, 6.07) is 4.13. The Morgan fingerprint density at radius 3 is 2.47 bits per heavy atom. The number of unbranched alkanes of at least 4 members (excludes halogenated alkanes) is 1. The molecule has 0 unspecified atom stereocenters. The second kappa shape index (κ2) is 6.92. The van der Waals surface area contributed by atoms with Crippen molar-refractivity contribution in [2.24, 2.45) is 0 Å². The van der Waals surface area contributed by atoms with Crippen molar-refractivity contribution in [2.45, 2.75) is 19.3 Å². The van der Waals surface area contributed by atoms with Crippen molar-refractivity contribution in [1.82, 2.24) is 0 Å². The van der Waals surface area contributed by atoms with E-state index in [1.807, 2.05) is 6.07 Å². The molecule has 1 aromatic carbocycles. The van der Waals surface area contributed by atoms with Gasteiger partial charge in [0, 0.05) is 9.80 Å². The van der Waals surface area contributed by atoms with E-state index >= 15 is 0 Å². The number of alkyl halides is 1. The van der Waals surface area contributed by atoms with Crippen LogP contribution in [0.15, 0.2) is 21.1 Å². The highest BCUT2D eigenvalue weighted by Gasteiger charge is 2.06. The maximum Gasteiger partial charge on any atom is 0.134 e. The first-order chi connectivity index (χ1) is 7.19. The quantitative estimate of drug-likeness (QED) is 0.502. The van der Waals surface area contributed by atoms with Crippen LogP contribution in [0.1, 0.15) is 18.4 Å². The number of ether oxygens (including phenoxy) is 1. The molecule has 0 aromatic heterocycles. The van der Waals surface area contributed by atoms with Gasteiger partial charge in [0.1, 0.15) is 5.75 Å². The molecular weight excluding hydrogens is 388 g/mol. The van der Waals surface area contributed by atoms with Gasteiger partial charge in [-0.25, -0.2) is 0 Å². The normalized spacial score (nSPS) is 10.4. The van der Waals surface area contributed by atoms with Crippen LogP contribution in [-0.2, 0) is 6.42 Å². The molecule has 0 amide bonds. The van der Waals surface area contributed by atoms with Gasteiger partial charge in [0.25, 0.3) is 0 Å². The van der Waals surface area contributed by atoms with E-state index in [9.17, 15) is 0 Å². The Hall–Kier alpha value is 0.460. The molecule has 84 valence electrons. The second-order valence-corrected chi connectivity index (χ2v) is 5.73. The van der Waals surface area contributed by atoms with E-state index in [4.69, 9.17) is 4.74 Å². The van der Waals surface area contributed by atoms with Crippen molar-refractivity contribution in [3.05, 3.63) is 26.6 Å². The Morgan fingerprint density at radius 2 is 1.87 bits per heavy atom. The van der Waals surface area contributed by atoms with Gasteiger partial charge in [-0.1, -0.05) is 31.9 Å². The highest BCUT2D eigenvalue weighted by atomic mass is 79.9. The molecule has 1 aromatic rings. The van der Waals surface area contributed by atoms with Crippen LogP contribution >= 0.6 is 47.8 Å². The largest absolute Gasteiger partial charge is 0.496 e. The van der Waals surface area contributed by atoms with Gasteiger partial charge in [-0.05, 0) is 52.9 Å². The van der Waals surface area contributed by atoms with E-state index in [1.165, 1.54) is 18.4 Å². The van der Waals surface area contributed by atoms with Gasteiger partial charge >= 0.3 is 0 Å². The molecule has 0 bridgehead atoms. The lowest BCUT2D eigenvalue weighted by molar-refractivity contribution is 0.411. The number of methoxy groups -OCH3 is 1. The maximum absolute atomic E-state index is 5.22. The van der Waals surface area contributed by atoms with Crippen LogP contribution in [0, 0.1) is 0 Å². The van der Waals surface area contributed by atoms with E-state index in [0.717, 1.165) is 26.4 Å². The minimum atomic E-state index is 0.867. The summed E-state index contributed by atoms with van der Waals surface area (Å²) in [6.45, 7) is 0. The third-order valence-electron chi connectivity index (χ3n) is 2.15. The molecule has 0 aliphatic carbocycles. The highest BCUT2D eigenvalue weighted by Crippen LogP contribution is 2.32. The molecule has 0 fully saturated rings. The summed E-state index contributed by atoms with van der Waals surface area (Å²) in [5, 5.41) is 1.07. The van der Waals surface area contributed by atoms with Gasteiger partial charge in [-0.15, -0.1) is 0 Å². The summed E-state index contributed by atoms with van der Waals surface area (Å²) in [4.78, 5) is 0. The lowest BCUT2D eigenvalue weighted by atomic mass is 10.1. The monoisotopic (exact) mass is 398 g/mol. The molecule has 0 saturated heterocycles. The molecular formula is C11H13Br3O. The Morgan fingerprint density at radius 1 is 1.13 bits per heavy atom. The minimum absolute atomic E-state index is 0.867. The molecule has 0 aliphatic rings. The topological polar surface area (TPSA) is 9.23 Å². The molecule has 0 aliphatic heterocycles. The van der Waals surface area contributed by atoms with Crippen LogP contribution in [0.5, 0.6) is 5.75 Å². The van der Waals surface area contributed by atoms with E-state index in [1.54, 1.807) is 7.11 Å². The van der Waals surface area contributed by atoms with Crippen LogP contribution in [0.3, 0.4) is 0 Å². The zero-order chi connectivity index (χ0) is 11.3. The fourth-order valence-electron chi connectivity index (χ4n) is 1.33. The average molecular weight is 401 g/mol. The average Bonchev–Trinajstić information content (AvgIpc) is 2.23. The van der Waals surface area contributed by atoms with Gasteiger partial charge < -0.3 is 4.74 Å². The Bertz CT molecular complexity index is 326. The first-order valence-electron chi connectivity index (χ1n) is 4.77. The van der Waals surface area contributed by atoms with Crippen LogP contribution in [0.4, 0.5) is 0 Å². The summed E-state index contributed by atoms with van der Waals surface area (Å²) in [7, 11) is 1.68. The van der Waals surface area contributed by atoms with Crippen LogP contribution in [0.25, 0.3) is 0 Å². The zero-order valence-electron chi connectivity index (χ0n) is 8.53. The molecule has 0 radical (unpaired) electrons. The lowest BCUT2D eigenvalue weighted by Crippen LogP contribution is -1.91. The third-order valence-corrected chi connectivity index (χ3v) is 4.07. The predicted molar refractivity (Wildman–Crippen MR) is 75.1 cm³/mol. The Kier molecular flexibility index (Phi) is 6.24. The lowest BCUT2D eigenvalue weighted by Gasteiger charge is -2.09. The first-order valence-corrected chi connectivity index (χ1v) is 7.47. The van der Waals surface area contributed by atoms with Gasteiger partial charge in [0.2, 0.25) is 0 Å². The van der Waals surface area contributed by atoms with Gasteiger partial charge in [-0.3, -0.25) is 0 Å². The first kappa shape index (κ1) is 13.5. The van der Waals surface area contributed by atoms with Crippen molar-refractivity contribution >= 4 is 47.8 Å². The predicted octanol–water partition coefficient (Wildman–Crippen LogP) is 4.94. The van der Waals surface area contributed by atoms with Gasteiger partial charge in [0.15, 0.2) is 0 Å². The van der Waals surface area contributed by atoms with E-state index in [-0.39, 0.29) is 0 Å². The Balaban J connectivity index is 2.76. The summed E-state index contributed by atoms with van der Waals surface area (Å²) in [5.41, 5.74) is 1.32. The van der Waals surface area contributed by atoms with E-state index < -0.39 is 0 Å². The number of benzene rings is 1. The summed E-state index contributed by atoms with van der Waals surface area (Å²) >= 11 is 10.5. The third kappa shape index (κ3) is 4.08. The molecule has 0 N–H and O–H groups in total. The fourth-order valence-corrected chi connectivity index (χ4v) is 2.80.